The van der Waals surface area contributed by atoms with Gasteiger partial charge in [0.05, 0.1) is 25.8 Å². The first-order valence-electron chi connectivity index (χ1n) is 5.81. The molecule has 1 saturated heterocycles. The van der Waals surface area contributed by atoms with Gasteiger partial charge >= 0.3 is 11.9 Å². The van der Waals surface area contributed by atoms with E-state index in [0.29, 0.717) is 19.3 Å². The first-order chi connectivity index (χ1) is 7.74. The molecule has 2 rings (SSSR count). The van der Waals surface area contributed by atoms with Crippen molar-refractivity contribution in [3.05, 3.63) is 0 Å². The van der Waals surface area contributed by atoms with Crippen LogP contribution in [0.2, 0.25) is 0 Å². The fourth-order valence-corrected chi connectivity index (χ4v) is 2.17. The maximum absolute atomic E-state index is 11.0. The number of carbonyl (C=O) groups is 2. The van der Waals surface area contributed by atoms with Crippen molar-refractivity contribution >= 4 is 11.9 Å². The summed E-state index contributed by atoms with van der Waals surface area (Å²) in [5.41, 5.74) is 0. The van der Waals surface area contributed by atoms with E-state index in [1.54, 1.807) is 4.90 Å². The quantitative estimate of drug-likeness (QED) is 0.512. The largest absolute Gasteiger partial charge is 0.391 e. The molecule has 16 heavy (non-hydrogen) atoms. The normalized spacial score (nSPS) is 23.8. The molecule has 0 bridgehead atoms. The van der Waals surface area contributed by atoms with Crippen molar-refractivity contribution in [2.45, 2.75) is 31.8 Å². The molecule has 0 aromatic rings. The predicted octanol–water partition coefficient (Wildman–Crippen LogP) is 0.331. The standard InChI is InChI=1S/C11H17NO4/c13-10-7-12(8-11(14)16-10)5-6-15-9-3-1-2-4-9/h9H,1-8H2. The maximum Gasteiger partial charge on any atom is 0.327 e. The number of carbonyl (C=O) groups excluding carboxylic acids is 2. The number of hydrogen-bond acceptors (Lipinski definition) is 5. The summed E-state index contributed by atoms with van der Waals surface area (Å²) in [6.07, 6.45) is 5.16. The highest BCUT2D eigenvalue weighted by atomic mass is 16.6. The molecule has 0 aromatic carbocycles. The Labute approximate surface area is 94.7 Å². The molecule has 0 atom stereocenters. The topological polar surface area (TPSA) is 55.8 Å². The summed E-state index contributed by atoms with van der Waals surface area (Å²) < 4.78 is 10.1. The summed E-state index contributed by atoms with van der Waals surface area (Å²) in [6, 6.07) is 0. The summed E-state index contributed by atoms with van der Waals surface area (Å²) in [7, 11) is 0. The second-order valence-electron chi connectivity index (χ2n) is 4.33. The van der Waals surface area contributed by atoms with Crippen LogP contribution < -0.4 is 0 Å². The van der Waals surface area contributed by atoms with Crippen LogP contribution in [0.25, 0.3) is 0 Å². The van der Waals surface area contributed by atoms with Crippen LogP contribution in [0.15, 0.2) is 0 Å². The number of esters is 2. The van der Waals surface area contributed by atoms with Gasteiger partial charge in [0.15, 0.2) is 0 Å². The van der Waals surface area contributed by atoms with E-state index < -0.39 is 11.9 Å². The van der Waals surface area contributed by atoms with Crippen molar-refractivity contribution in [2.75, 3.05) is 26.2 Å². The Kier molecular flexibility index (Phi) is 3.90. The average Bonchev–Trinajstić information content (AvgIpc) is 2.69. The first-order valence-corrected chi connectivity index (χ1v) is 5.81. The van der Waals surface area contributed by atoms with Crippen LogP contribution in [-0.4, -0.2) is 49.2 Å². The monoisotopic (exact) mass is 227 g/mol. The predicted molar refractivity (Wildman–Crippen MR) is 55.7 cm³/mol. The third-order valence-electron chi connectivity index (χ3n) is 3.00. The van der Waals surface area contributed by atoms with Gasteiger partial charge in [-0.1, -0.05) is 12.8 Å². The minimum absolute atomic E-state index is 0.194. The van der Waals surface area contributed by atoms with Crippen molar-refractivity contribution < 1.29 is 19.1 Å². The summed E-state index contributed by atoms with van der Waals surface area (Å²) in [5.74, 6) is -0.922. The minimum atomic E-state index is -0.461. The molecule has 0 N–H and O–H groups in total. The van der Waals surface area contributed by atoms with Gasteiger partial charge in [0.1, 0.15) is 0 Å². The van der Waals surface area contributed by atoms with Gasteiger partial charge < -0.3 is 9.47 Å². The van der Waals surface area contributed by atoms with E-state index >= 15 is 0 Å². The maximum atomic E-state index is 11.0. The zero-order valence-corrected chi connectivity index (χ0v) is 9.31. The van der Waals surface area contributed by atoms with Crippen LogP contribution in [0, 0.1) is 0 Å². The molecule has 5 nitrogen and oxygen atoms in total. The van der Waals surface area contributed by atoms with Gasteiger partial charge in [-0.2, -0.15) is 0 Å². The Morgan fingerprint density at radius 3 is 2.44 bits per heavy atom. The first kappa shape index (κ1) is 11.5. The van der Waals surface area contributed by atoms with Gasteiger partial charge in [-0.15, -0.1) is 0 Å². The van der Waals surface area contributed by atoms with E-state index in [-0.39, 0.29) is 13.1 Å². The molecule has 2 fully saturated rings. The van der Waals surface area contributed by atoms with Crippen molar-refractivity contribution in [1.82, 2.24) is 4.90 Å². The minimum Gasteiger partial charge on any atom is -0.391 e. The Morgan fingerprint density at radius 2 is 1.81 bits per heavy atom. The average molecular weight is 227 g/mol. The van der Waals surface area contributed by atoms with Crippen LogP contribution in [0.3, 0.4) is 0 Å². The summed E-state index contributed by atoms with van der Waals surface area (Å²) in [5, 5.41) is 0. The smallest absolute Gasteiger partial charge is 0.327 e. The second kappa shape index (κ2) is 5.41. The molecule has 2 aliphatic rings. The third-order valence-corrected chi connectivity index (χ3v) is 3.00. The number of hydrogen-bond donors (Lipinski definition) is 0. The number of morpholine rings is 1. The Hall–Kier alpha value is -0.940. The molecule has 0 radical (unpaired) electrons. The molecule has 0 unspecified atom stereocenters. The van der Waals surface area contributed by atoms with E-state index in [1.165, 1.54) is 12.8 Å². The van der Waals surface area contributed by atoms with Crippen LogP contribution >= 0.6 is 0 Å². The highest BCUT2D eigenvalue weighted by Crippen LogP contribution is 2.20. The van der Waals surface area contributed by atoms with Crippen molar-refractivity contribution in [3.63, 3.8) is 0 Å². The molecule has 0 spiro atoms. The molecule has 5 heteroatoms. The van der Waals surface area contributed by atoms with E-state index in [4.69, 9.17) is 4.74 Å². The summed E-state index contributed by atoms with van der Waals surface area (Å²) in [6.45, 7) is 1.60. The SMILES string of the molecule is O=C1CN(CCOC2CCCC2)CC(=O)O1. The lowest BCUT2D eigenvalue weighted by molar-refractivity contribution is -0.167. The molecule has 1 aliphatic heterocycles. The van der Waals surface area contributed by atoms with E-state index in [0.717, 1.165) is 12.8 Å². The summed E-state index contributed by atoms with van der Waals surface area (Å²) >= 11 is 0. The Bertz CT molecular complexity index is 257. The van der Waals surface area contributed by atoms with Gasteiger partial charge in [0.25, 0.3) is 0 Å². The highest BCUT2D eigenvalue weighted by molar-refractivity contribution is 5.90. The highest BCUT2D eigenvalue weighted by Gasteiger charge is 2.24. The molecular formula is C11H17NO4. The number of ether oxygens (including phenoxy) is 2. The lowest BCUT2D eigenvalue weighted by Crippen LogP contribution is -2.44. The second-order valence-corrected chi connectivity index (χ2v) is 4.33. The molecule has 0 amide bonds. The van der Waals surface area contributed by atoms with Crippen LogP contribution in [0.5, 0.6) is 0 Å². The number of cyclic esters (lactones) is 2. The molecule has 1 aliphatic carbocycles. The van der Waals surface area contributed by atoms with Gasteiger partial charge in [-0.3, -0.25) is 14.5 Å². The van der Waals surface area contributed by atoms with E-state index in [1.807, 2.05) is 0 Å². The molecule has 90 valence electrons. The van der Waals surface area contributed by atoms with Crippen LogP contribution in [0.1, 0.15) is 25.7 Å². The fraction of sp³-hybridized carbons (Fsp3) is 0.818. The van der Waals surface area contributed by atoms with Crippen molar-refractivity contribution in [2.24, 2.45) is 0 Å². The third kappa shape index (κ3) is 3.28. The molecule has 0 aromatic heterocycles. The van der Waals surface area contributed by atoms with Gasteiger partial charge in [0, 0.05) is 6.54 Å². The van der Waals surface area contributed by atoms with Gasteiger partial charge in [0.2, 0.25) is 0 Å². The van der Waals surface area contributed by atoms with E-state index in [2.05, 4.69) is 4.74 Å². The zero-order chi connectivity index (χ0) is 11.4. The molecule has 1 heterocycles. The van der Waals surface area contributed by atoms with Gasteiger partial charge in [-0.25, -0.2) is 0 Å². The summed E-state index contributed by atoms with van der Waals surface area (Å²) in [4.78, 5) is 23.7. The zero-order valence-electron chi connectivity index (χ0n) is 9.31. The Morgan fingerprint density at radius 1 is 1.19 bits per heavy atom. The van der Waals surface area contributed by atoms with E-state index in [9.17, 15) is 9.59 Å². The lowest BCUT2D eigenvalue weighted by Gasteiger charge is -2.24. The van der Waals surface area contributed by atoms with Crippen molar-refractivity contribution in [1.29, 1.82) is 0 Å². The van der Waals surface area contributed by atoms with Crippen LogP contribution in [0.4, 0.5) is 0 Å². The van der Waals surface area contributed by atoms with Crippen molar-refractivity contribution in [3.8, 4) is 0 Å². The van der Waals surface area contributed by atoms with Gasteiger partial charge in [-0.05, 0) is 12.8 Å². The van der Waals surface area contributed by atoms with Crippen LogP contribution in [-0.2, 0) is 19.1 Å². The number of rotatable bonds is 4. The molecular weight excluding hydrogens is 210 g/mol. The number of nitrogens with zero attached hydrogens (tertiary/aromatic N) is 1. The lowest BCUT2D eigenvalue weighted by atomic mass is 10.3. The Balaban J connectivity index is 1.65. The fourth-order valence-electron chi connectivity index (χ4n) is 2.17. The molecule has 1 saturated carbocycles.